The molecule has 1 aliphatic rings. The van der Waals surface area contributed by atoms with E-state index in [4.69, 9.17) is 0 Å². The summed E-state index contributed by atoms with van der Waals surface area (Å²) >= 11 is 2.06. The van der Waals surface area contributed by atoms with Crippen molar-refractivity contribution in [3.8, 4) is 0 Å². The number of hydrogen-bond donors (Lipinski definition) is 0. The van der Waals surface area contributed by atoms with Crippen LogP contribution >= 0.6 is 22.6 Å². The van der Waals surface area contributed by atoms with E-state index in [2.05, 4.69) is 22.6 Å². The molecule has 13 heavy (non-hydrogen) atoms. The van der Waals surface area contributed by atoms with Crippen molar-refractivity contribution in [3.05, 3.63) is 20.9 Å². The molecule has 0 aromatic carbocycles. The Bertz CT molecular complexity index is 278. The maximum Gasteiger partial charge on any atom is 0.431 e. The van der Waals surface area contributed by atoms with Gasteiger partial charge in [0.05, 0.1) is 0 Å². The molecule has 0 aromatic rings. The number of allylic oxidation sites excluding steroid dienone is 3. The molecule has 0 bridgehead atoms. The largest absolute Gasteiger partial charge is 0.431 e. The predicted molar refractivity (Wildman–Crippen MR) is 53.5 cm³/mol. The fraction of sp³-hybridized carbons (Fsp3) is 0.500. The minimum absolute atomic E-state index is 0.345. The topological polar surface area (TPSA) is 3.24 Å². The van der Waals surface area contributed by atoms with Crippen LogP contribution in [0.3, 0.4) is 0 Å². The molecule has 1 heterocycles. The van der Waals surface area contributed by atoms with Gasteiger partial charge in [-0.2, -0.15) is 13.2 Å². The Morgan fingerprint density at radius 2 is 2.00 bits per heavy atom. The maximum atomic E-state index is 12.4. The molecule has 1 rings (SSSR count). The first kappa shape index (κ1) is 10.9. The van der Waals surface area contributed by atoms with E-state index in [1.165, 1.54) is 18.0 Å². The molecular weight excluding hydrogens is 294 g/mol. The van der Waals surface area contributed by atoms with Crippen LogP contribution < -0.4 is 0 Å². The monoisotopic (exact) mass is 303 g/mol. The molecule has 0 atom stereocenters. The quantitative estimate of drug-likeness (QED) is 0.622. The Labute approximate surface area is 88.4 Å². The van der Waals surface area contributed by atoms with Gasteiger partial charge in [-0.3, -0.25) is 0 Å². The lowest BCUT2D eigenvalue weighted by atomic mass is 10.1. The Morgan fingerprint density at radius 1 is 1.46 bits per heavy atom. The van der Waals surface area contributed by atoms with Gasteiger partial charge < -0.3 is 4.90 Å². The van der Waals surface area contributed by atoms with Crippen molar-refractivity contribution < 1.29 is 13.2 Å². The highest BCUT2D eigenvalue weighted by Gasteiger charge is 2.37. The molecule has 0 N–H and O–H groups in total. The van der Waals surface area contributed by atoms with Crippen molar-refractivity contribution in [1.82, 2.24) is 4.90 Å². The van der Waals surface area contributed by atoms with Gasteiger partial charge in [-0.05, 0) is 41.2 Å². The van der Waals surface area contributed by atoms with Gasteiger partial charge in [-0.1, -0.05) is 0 Å². The Hall–Kier alpha value is -0.200. The van der Waals surface area contributed by atoms with Gasteiger partial charge in [0.25, 0.3) is 0 Å². The van der Waals surface area contributed by atoms with Crippen LogP contribution in [0.25, 0.3) is 0 Å². The van der Waals surface area contributed by atoms with Crippen LogP contribution in [0.1, 0.15) is 6.92 Å². The van der Waals surface area contributed by atoms with Gasteiger partial charge >= 0.3 is 6.18 Å². The summed E-state index contributed by atoms with van der Waals surface area (Å²) in [5, 5.41) is 0. The Morgan fingerprint density at radius 3 is 2.46 bits per heavy atom. The molecule has 0 fully saturated rings. The first-order valence-electron chi connectivity index (χ1n) is 3.67. The highest BCUT2D eigenvalue weighted by Crippen LogP contribution is 2.33. The van der Waals surface area contributed by atoms with E-state index in [9.17, 15) is 13.2 Å². The molecule has 0 radical (unpaired) electrons. The molecule has 1 nitrogen and oxygen atoms in total. The van der Waals surface area contributed by atoms with Gasteiger partial charge in [0, 0.05) is 17.2 Å². The van der Waals surface area contributed by atoms with E-state index in [0.717, 1.165) is 3.58 Å². The zero-order chi connectivity index (χ0) is 10.2. The third-order valence-electron chi connectivity index (χ3n) is 1.86. The minimum atomic E-state index is -4.24. The molecule has 74 valence electrons. The average molecular weight is 303 g/mol. The van der Waals surface area contributed by atoms with Crippen LogP contribution in [0.2, 0.25) is 0 Å². The molecule has 0 saturated heterocycles. The summed E-state index contributed by atoms with van der Waals surface area (Å²) in [5.41, 5.74) is 0.136. The van der Waals surface area contributed by atoms with Gasteiger partial charge in [0.15, 0.2) is 0 Å². The fourth-order valence-electron chi connectivity index (χ4n) is 1.11. The van der Waals surface area contributed by atoms with E-state index in [1.54, 1.807) is 6.92 Å². The lowest BCUT2D eigenvalue weighted by Crippen LogP contribution is -2.31. The van der Waals surface area contributed by atoms with Gasteiger partial charge in [0.1, 0.15) is 5.70 Å². The van der Waals surface area contributed by atoms with Crippen LogP contribution in [0.4, 0.5) is 13.2 Å². The molecule has 5 heteroatoms. The number of likely N-dealkylation sites (N-methyl/N-ethyl adjacent to an activating group) is 1. The number of hydrogen-bond acceptors (Lipinski definition) is 1. The van der Waals surface area contributed by atoms with Gasteiger partial charge in [-0.15, -0.1) is 0 Å². The van der Waals surface area contributed by atoms with Crippen molar-refractivity contribution in [3.63, 3.8) is 0 Å². The smallest absolute Gasteiger partial charge is 0.366 e. The Kier molecular flexibility index (Phi) is 2.94. The zero-order valence-corrected chi connectivity index (χ0v) is 9.40. The van der Waals surface area contributed by atoms with Gasteiger partial charge in [0.2, 0.25) is 0 Å². The summed E-state index contributed by atoms with van der Waals surface area (Å²) in [6, 6.07) is 0. The lowest BCUT2D eigenvalue weighted by Gasteiger charge is -2.28. The summed E-state index contributed by atoms with van der Waals surface area (Å²) in [4.78, 5) is 1.22. The van der Waals surface area contributed by atoms with E-state index in [-0.39, 0.29) is 0 Å². The average Bonchev–Trinajstić information content (AvgIpc) is 1.94. The summed E-state index contributed by atoms with van der Waals surface area (Å²) in [6.45, 7) is 2.04. The number of halogens is 4. The van der Waals surface area contributed by atoms with Gasteiger partial charge in [-0.25, -0.2) is 0 Å². The summed E-state index contributed by atoms with van der Waals surface area (Å²) in [5.74, 6) is 0. The molecule has 1 aliphatic heterocycles. The third kappa shape index (κ3) is 2.38. The van der Waals surface area contributed by atoms with Crippen molar-refractivity contribution in [1.29, 1.82) is 0 Å². The van der Waals surface area contributed by atoms with Crippen molar-refractivity contribution in [2.24, 2.45) is 0 Å². The Balaban J connectivity index is 3.04. The second-order valence-corrected chi connectivity index (χ2v) is 4.27. The van der Waals surface area contributed by atoms with E-state index >= 15 is 0 Å². The molecular formula is C8H9F3IN. The first-order chi connectivity index (χ1) is 5.82. The first-order valence-corrected chi connectivity index (χ1v) is 4.75. The van der Waals surface area contributed by atoms with Crippen molar-refractivity contribution in [2.45, 2.75) is 13.1 Å². The fourth-order valence-corrected chi connectivity index (χ4v) is 1.78. The van der Waals surface area contributed by atoms with E-state index in [1.807, 2.05) is 0 Å². The number of nitrogens with zero attached hydrogens (tertiary/aromatic N) is 1. The lowest BCUT2D eigenvalue weighted by molar-refractivity contribution is -0.109. The van der Waals surface area contributed by atoms with Crippen LogP contribution in [0, 0.1) is 0 Å². The summed E-state index contributed by atoms with van der Waals surface area (Å²) in [7, 11) is 1.45. The van der Waals surface area contributed by atoms with Crippen LogP contribution in [-0.2, 0) is 0 Å². The van der Waals surface area contributed by atoms with Crippen LogP contribution in [0.5, 0.6) is 0 Å². The van der Waals surface area contributed by atoms with Crippen molar-refractivity contribution in [2.75, 3.05) is 13.6 Å². The van der Waals surface area contributed by atoms with E-state index < -0.39 is 11.9 Å². The van der Waals surface area contributed by atoms with E-state index in [0.29, 0.717) is 12.1 Å². The molecule has 0 aromatic heterocycles. The molecule has 0 saturated carbocycles. The van der Waals surface area contributed by atoms with Crippen LogP contribution in [0.15, 0.2) is 20.9 Å². The summed E-state index contributed by atoms with van der Waals surface area (Å²) < 4.78 is 38.0. The normalized spacial score (nSPS) is 19.2. The second-order valence-electron chi connectivity index (χ2n) is 2.97. The maximum absolute atomic E-state index is 12.4. The molecule has 0 unspecified atom stereocenters. The molecule has 0 aliphatic carbocycles. The highest BCUT2D eigenvalue weighted by atomic mass is 127. The van der Waals surface area contributed by atoms with Crippen LogP contribution in [-0.4, -0.2) is 24.7 Å². The zero-order valence-electron chi connectivity index (χ0n) is 7.24. The summed E-state index contributed by atoms with van der Waals surface area (Å²) in [6.07, 6.45) is -3.06. The molecule has 0 spiro atoms. The number of rotatable bonds is 0. The standard InChI is InChI=1S/C8H9F3IN/c1-5-3-7(8(9,10)11)13(2)4-6(5)12/h3H,4H2,1-2H3. The predicted octanol–water partition coefficient (Wildman–Crippen LogP) is 3.09. The minimum Gasteiger partial charge on any atom is -0.366 e. The third-order valence-corrected chi connectivity index (χ3v) is 3.05. The SMILES string of the molecule is CC1=C(I)CN(C)C(C(F)(F)F)=C1. The van der Waals surface area contributed by atoms with Crippen molar-refractivity contribution >= 4 is 22.6 Å². The molecule has 0 amide bonds. The number of alkyl halides is 3. The second kappa shape index (κ2) is 3.51. The highest BCUT2D eigenvalue weighted by molar-refractivity contribution is 14.1.